The van der Waals surface area contributed by atoms with Gasteiger partial charge in [0, 0.05) is 13.2 Å². The minimum absolute atomic E-state index is 0.534. The molecule has 0 saturated carbocycles. The highest BCUT2D eigenvalue weighted by molar-refractivity contribution is 5.85. The highest BCUT2D eigenvalue weighted by atomic mass is 16.5. The van der Waals surface area contributed by atoms with Crippen molar-refractivity contribution < 1.29 is 19.4 Å². The van der Waals surface area contributed by atoms with Crippen LogP contribution in [0, 0.1) is 0 Å². The lowest BCUT2D eigenvalue weighted by atomic mass is 10.1. The molecule has 4 heteroatoms. The Hall–Kier alpha value is -1.65. The van der Waals surface area contributed by atoms with Gasteiger partial charge in [0.1, 0.15) is 0 Å². The first kappa shape index (κ1) is 13.4. The van der Waals surface area contributed by atoms with Gasteiger partial charge in [-0.15, -0.1) is 0 Å². The molecular formula is C13H16O4. The van der Waals surface area contributed by atoms with Gasteiger partial charge in [-0.2, -0.15) is 0 Å². The molecule has 1 aromatic rings. The summed E-state index contributed by atoms with van der Waals surface area (Å²) in [4.78, 5) is 10.3. The second-order valence-electron chi connectivity index (χ2n) is 3.46. The Labute approximate surface area is 100 Å². The summed E-state index contributed by atoms with van der Waals surface area (Å²) in [7, 11) is 1.63. The fourth-order valence-electron chi connectivity index (χ4n) is 1.22. The van der Waals surface area contributed by atoms with E-state index in [1.807, 2.05) is 24.3 Å². The van der Waals surface area contributed by atoms with Crippen molar-refractivity contribution in [2.24, 2.45) is 0 Å². The van der Waals surface area contributed by atoms with Crippen LogP contribution in [0.15, 0.2) is 30.3 Å². The van der Waals surface area contributed by atoms with E-state index >= 15 is 0 Å². The first-order valence-electron chi connectivity index (χ1n) is 5.29. The standard InChI is InChI=1S/C13H16O4/c1-16-8-9-17-10-12-4-2-11(3-5-12)6-7-13(14)15/h2-7H,8-10H2,1H3,(H,14,15)/b7-6+. The molecule has 0 bridgehead atoms. The molecule has 1 aromatic carbocycles. The van der Waals surface area contributed by atoms with Crippen molar-refractivity contribution in [1.29, 1.82) is 0 Å². The molecule has 0 unspecified atom stereocenters. The summed E-state index contributed by atoms with van der Waals surface area (Å²) >= 11 is 0. The van der Waals surface area contributed by atoms with E-state index in [2.05, 4.69) is 0 Å². The quantitative estimate of drug-likeness (QED) is 0.580. The number of carboxylic acid groups (broad SMARTS) is 1. The summed E-state index contributed by atoms with van der Waals surface area (Å²) in [5.74, 6) is -0.947. The maximum absolute atomic E-state index is 10.3. The molecular weight excluding hydrogens is 220 g/mol. The van der Waals surface area contributed by atoms with Crippen molar-refractivity contribution >= 4 is 12.0 Å². The molecule has 0 spiro atoms. The van der Waals surface area contributed by atoms with Crippen molar-refractivity contribution in [2.75, 3.05) is 20.3 Å². The topological polar surface area (TPSA) is 55.8 Å². The van der Waals surface area contributed by atoms with Gasteiger partial charge in [-0.3, -0.25) is 0 Å². The Balaban J connectivity index is 2.42. The molecule has 0 aliphatic carbocycles. The summed E-state index contributed by atoms with van der Waals surface area (Å²) < 4.78 is 10.2. The number of benzene rings is 1. The lowest BCUT2D eigenvalue weighted by Crippen LogP contribution is -2.01. The number of hydrogen-bond donors (Lipinski definition) is 1. The highest BCUT2D eigenvalue weighted by Gasteiger charge is 1.94. The third-order valence-corrected chi connectivity index (χ3v) is 2.10. The average molecular weight is 236 g/mol. The average Bonchev–Trinajstić information content (AvgIpc) is 2.33. The Morgan fingerprint density at radius 1 is 1.29 bits per heavy atom. The molecule has 0 aliphatic heterocycles. The smallest absolute Gasteiger partial charge is 0.328 e. The van der Waals surface area contributed by atoms with E-state index < -0.39 is 5.97 Å². The van der Waals surface area contributed by atoms with E-state index in [0.29, 0.717) is 19.8 Å². The zero-order valence-electron chi connectivity index (χ0n) is 9.76. The molecule has 1 N–H and O–H groups in total. The number of rotatable bonds is 7. The Bertz CT molecular complexity index is 368. The molecule has 0 saturated heterocycles. The second kappa shape index (κ2) is 7.60. The fraction of sp³-hybridized carbons (Fsp3) is 0.308. The second-order valence-corrected chi connectivity index (χ2v) is 3.46. The van der Waals surface area contributed by atoms with Crippen molar-refractivity contribution in [3.05, 3.63) is 41.5 Å². The number of ether oxygens (including phenoxy) is 2. The van der Waals surface area contributed by atoms with Gasteiger partial charge in [-0.25, -0.2) is 4.79 Å². The Morgan fingerprint density at radius 2 is 2.00 bits per heavy atom. The molecule has 17 heavy (non-hydrogen) atoms. The molecule has 0 aliphatic rings. The van der Waals surface area contributed by atoms with Gasteiger partial charge in [-0.05, 0) is 17.2 Å². The van der Waals surface area contributed by atoms with Crippen LogP contribution in [-0.4, -0.2) is 31.4 Å². The van der Waals surface area contributed by atoms with Crippen LogP contribution in [0.25, 0.3) is 6.08 Å². The molecule has 0 aromatic heterocycles. The number of aliphatic carboxylic acids is 1. The summed E-state index contributed by atoms with van der Waals surface area (Å²) in [6.45, 7) is 1.68. The van der Waals surface area contributed by atoms with Crippen LogP contribution in [0.5, 0.6) is 0 Å². The van der Waals surface area contributed by atoms with E-state index in [1.54, 1.807) is 13.2 Å². The van der Waals surface area contributed by atoms with Crippen LogP contribution in [0.4, 0.5) is 0 Å². The Kier molecular flexibility index (Phi) is 5.99. The summed E-state index contributed by atoms with van der Waals surface area (Å²) in [5, 5.41) is 8.48. The van der Waals surface area contributed by atoms with Gasteiger partial charge in [-0.1, -0.05) is 24.3 Å². The van der Waals surface area contributed by atoms with E-state index in [9.17, 15) is 4.79 Å². The molecule has 92 valence electrons. The zero-order valence-corrected chi connectivity index (χ0v) is 9.76. The van der Waals surface area contributed by atoms with Crippen molar-refractivity contribution in [3.63, 3.8) is 0 Å². The predicted octanol–water partition coefficient (Wildman–Crippen LogP) is 1.95. The normalized spacial score (nSPS) is 10.9. The predicted molar refractivity (Wildman–Crippen MR) is 64.6 cm³/mol. The SMILES string of the molecule is COCCOCc1ccc(/C=C/C(=O)O)cc1. The van der Waals surface area contributed by atoms with Crippen molar-refractivity contribution in [3.8, 4) is 0 Å². The van der Waals surface area contributed by atoms with Gasteiger partial charge in [0.05, 0.1) is 19.8 Å². The number of carboxylic acids is 1. The van der Waals surface area contributed by atoms with E-state index in [-0.39, 0.29) is 0 Å². The molecule has 0 amide bonds. The highest BCUT2D eigenvalue weighted by Crippen LogP contribution is 2.07. The number of hydrogen-bond acceptors (Lipinski definition) is 3. The van der Waals surface area contributed by atoms with Gasteiger partial charge < -0.3 is 14.6 Å². The lowest BCUT2D eigenvalue weighted by molar-refractivity contribution is -0.131. The van der Waals surface area contributed by atoms with Crippen LogP contribution in [-0.2, 0) is 20.9 Å². The maximum Gasteiger partial charge on any atom is 0.328 e. The third kappa shape index (κ3) is 5.85. The molecule has 0 radical (unpaired) electrons. The van der Waals surface area contributed by atoms with E-state index in [4.69, 9.17) is 14.6 Å². The molecule has 1 rings (SSSR count). The monoisotopic (exact) mass is 236 g/mol. The minimum Gasteiger partial charge on any atom is -0.478 e. The Morgan fingerprint density at radius 3 is 2.59 bits per heavy atom. The number of carbonyl (C=O) groups is 1. The zero-order chi connectivity index (χ0) is 12.5. The molecule has 0 atom stereocenters. The first-order valence-corrected chi connectivity index (χ1v) is 5.29. The first-order chi connectivity index (χ1) is 8.22. The maximum atomic E-state index is 10.3. The van der Waals surface area contributed by atoms with Crippen LogP contribution in [0.1, 0.15) is 11.1 Å². The largest absolute Gasteiger partial charge is 0.478 e. The number of methoxy groups -OCH3 is 1. The van der Waals surface area contributed by atoms with Gasteiger partial charge in [0.2, 0.25) is 0 Å². The molecule has 0 heterocycles. The summed E-state index contributed by atoms with van der Waals surface area (Å²) in [5.41, 5.74) is 1.90. The summed E-state index contributed by atoms with van der Waals surface area (Å²) in [6, 6.07) is 7.53. The molecule has 0 fully saturated rings. The summed E-state index contributed by atoms with van der Waals surface area (Å²) in [6.07, 6.45) is 2.67. The fourth-order valence-corrected chi connectivity index (χ4v) is 1.22. The van der Waals surface area contributed by atoms with Crippen LogP contribution < -0.4 is 0 Å². The van der Waals surface area contributed by atoms with Gasteiger partial charge >= 0.3 is 5.97 Å². The van der Waals surface area contributed by atoms with Crippen molar-refractivity contribution in [1.82, 2.24) is 0 Å². The van der Waals surface area contributed by atoms with Crippen molar-refractivity contribution in [2.45, 2.75) is 6.61 Å². The molecule has 4 nitrogen and oxygen atoms in total. The van der Waals surface area contributed by atoms with Gasteiger partial charge in [0.25, 0.3) is 0 Å². The lowest BCUT2D eigenvalue weighted by Gasteiger charge is -2.03. The van der Waals surface area contributed by atoms with E-state index in [0.717, 1.165) is 17.2 Å². The van der Waals surface area contributed by atoms with Gasteiger partial charge in [0.15, 0.2) is 0 Å². The third-order valence-electron chi connectivity index (χ3n) is 2.10. The van der Waals surface area contributed by atoms with Crippen LogP contribution in [0.2, 0.25) is 0 Å². The van der Waals surface area contributed by atoms with Crippen LogP contribution in [0.3, 0.4) is 0 Å². The van der Waals surface area contributed by atoms with E-state index in [1.165, 1.54) is 0 Å². The van der Waals surface area contributed by atoms with Crippen LogP contribution >= 0.6 is 0 Å². The minimum atomic E-state index is -0.947.